The second kappa shape index (κ2) is 4.66. The highest BCUT2D eigenvalue weighted by Gasteiger charge is 2.25. The molecule has 15 heavy (non-hydrogen) atoms. The number of carbonyl (C=O) groups excluding carboxylic acids is 1. The van der Waals surface area contributed by atoms with E-state index in [9.17, 15) is 4.79 Å². The van der Waals surface area contributed by atoms with Crippen molar-refractivity contribution in [1.29, 1.82) is 0 Å². The normalized spacial score (nSPS) is 29.0. The number of carbonyl (C=O) groups is 1. The Bertz CT molecular complexity index is 264. The molecular formula is C11H16O4. The minimum absolute atomic E-state index is 0.285. The standard InChI is InChI=1S/C11H16O4/c12-5-8-1-3-9(4-2-8)6-15-11(13)10-7-14-10/h7-9,12H,1-6H2. The molecule has 1 saturated carbocycles. The Morgan fingerprint density at radius 1 is 1.40 bits per heavy atom. The summed E-state index contributed by atoms with van der Waals surface area (Å²) in [5.74, 6) is 0.890. The molecule has 0 saturated heterocycles. The van der Waals surface area contributed by atoms with Crippen LogP contribution >= 0.6 is 0 Å². The largest absolute Gasteiger partial charge is 0.459 e. The van der Waals surface area contributed by atoms with Gasteiger partial charge in [-0.25, -0.2) is 4.79 Å². The lowest BCUT2D eigenvalue weighted by molar-refractivity contribution is -0.141. The van der Waals surface area contributed by atoms with E-state index in [-0.39, 0.29) is 12.6 Å². The predicted molar refractivity (Wildman–Crippen MR) is 52.7 cm³/mol. The zero-order valence-electron chi connectivity index (χ0n) is 8.65. The third-order valence-corrected chi connectivity index (χ3v) is 3.11. The fourth-order valence-corrected chi connectivity index (χ4v) is 1.97. The predicted octanol–water partition coefficient (Wildman–Crippen LogP) is 1.20. The Morgan fingerprint density at radius 2 is 2.00 bits per heavy atom. The molecule has 2 aliphatic rings. The SMILES string of the molecule is O=C(OCC1CCC(CO)CC1)C1=CO1. The van der Waals surface area contributed by atoms with Gasteiger partial charge in [-0.3, -0.25) is 0 Å². The summed E-state index contributed by atoms with van der Waals surface area (Å²) in [6.45, 7) is 0.769. The maximum atomic E-state index is 11.1. The molecule has 1 aliphatic carbocycles. The molecule has 1 N–H and O–H groups in total. The van der Waals surface area contributed by atoms with Crippen molar-refractivity contribution in [3.8, 4) is 0 Å². The molecule has 84 valence electrons. The van der Waals surface area contributed by atoms with Crippen molar-refractivity contribution < 1.29 is 19.4 Å². The molecule has 0 atom stereocenters. The van der Waals surface area contributed by atoms with Gasteiger partial charge in [0.1, 0.15) is 6.26 Å². The fraction of sp³-hybridized carbons (Fsp3) is 0.727. The molecule has 0 aromatic carbocycles. The first-order valence-electron chi connectivity index (χ1n) is 5.44. The smallest absolute Gasteiger partial charge is 0.377 e. The molecule has 0 aromatic heterocycles. The van der Waals surface area contributed by atoms with Crippen LogP contribution in [-0.4, -0.2) is 24.3 Å². The number of ether oxygens (including phenoxy) is 2. The van der Waals surface area contributed by atoms with Crippen LogP contribution in [0.15, 0.2) is 12.0 Å². The Hall–Kier alpha value is -1.03. The van der Waals surface area contributed by atoms with Gasteiger partial charge in [-0.05, 0) is 37.5 Å². The summed E-state index contributed by atoms with van der Waals surface area (Å²) in [4.78, 5) is 11.1. The lowest BCUT2D eigenvalue weighted by Gasteiger charge is -2.26. The molecule has 1 heterocycles. The Balaban J connectivity index is 1.63. The van der Waals surface area contributed by atoms with E-state index < -0.39 is 0 Å². The lowest BCUT2D eigenvalue weighted by atomic mass is 9.83. The van der Waals surface area contributed by atoms with Crippen LogP contribution in [-0.2, 0) is 14.3 Å². The number of esters is 1. The lowest BCUT2D eigenvalue weighted by Crippen LogP contribution is -2.21. The highest BCUT2D eigenvalue weighted by atomic mass is 16.6. The van der Waals surface area contributed by atoms with Gasteiger partial charge in [-0.2, -0.15) is 0 Å². The van der Waals surface area contributed by atoms with Crippen LogP contribution in [0.25, 0.3) is 0 Å². The maximum Gasteiger partial charge on any atom is 0.377 e. The molecule has 0 radical (unpaired) electrons. The monoisotopic (exact) mass is 212 g/mol. The van der Waals surface area contributed by atoms with E-state index >= 15 is 0 Å². The van der Waals surface area contributed by atoms with Crippen molar-refractivity contribution in [3.63, 3.8) is 0 Å². The first-order valence-corrected chi connectivity index (χ1v) is 5.44. The van der Waals surface area contributed by atoms with Crippen LogP contribution in [0, 0.1) is 11.8 Å². The molecule has 2 rings (SSSR count). The number of hydrogen-bond acceptors (Lipinski definition) is 4. The summed E-state index contributed by atoms with van der Waals surface area (Å²) in [7, 11) is 0. The minimum atomic E-state index is -0.348. The number of rotatable bonds is 4. The van der Waals surface area contributed by atoms with Gasteiger partial charge in [0.2, 0.25) is 5.76 Å². The van der Waals surface area contributed by atoms with Crippen LogP contribution in [0.5, 0.6) is 0 Å². The number of aliphatic hydroxyl groups is 1. The minimum Gasteiger partial charge on any atom is -0.459 e. The van der Waals surface area contributed by atoms with Gasteiger partial charge in [-0.1, -0.05) is 0 Å². The summed E-state index contributed by atoms with van der Waals surface area (Å²) in [6, 6.07) is 0. The molecule has 4 nitrogen and oxygen atoms in total. The third kappa shape index (κ3) is 2.96. The summed E-state index contributed by atoms with van der Waals surface area (Å²) in [5, 5.41) is 8.97. The average molecular weight is 212 g/mol. The van der Waals surface area contributed by atoms with E-state index in [4.69, 9.17) is 9.84 Å². The quantitative estimate of drug-likeness (QED) is 0.711. The van der Waals surface area contributed by atoms with Crippen LogP contribution in [0.2, 0.25) is 0 Å². The van der Waals surface area contributed by atoms with Crippen molar-refractivity contribution in [1.82, 2.24) is 0 Å². The van der Waals surface area contributed by atoms with Crippen molar-refractivity contribution in [2.45, 2.75) is 25.7 Å². The molecular weight excluding hydrogens is 196 g/mol. The van der Waals surface area contributed by atoms with E-state index in [0.29, 0.717) is 24.2 Å². The van der Waals surface area contributed by atoms with Gasteiger partial charge in [0.05, 0.1) is 6.61 Å². The third-order valence-electron chi connectivity index (χ3n) is 3.11. The molecule has 4 heteroatoms. The average Bonchev–Trinajstić information content (AvgIpc) is 3.10. The van der Waals surface area contributed by atoms with Gasteiger partial charge in [0.15, 0.2) is 0 Å². The molecule has 0 amide bonds. The van der Waals surface area contributed by atoms with E-state index in [1.165, 1.54) is 6.26 Å². The highest BCUT2D eigenvalue weighted by molar-refractivity contribution is 5.88. The highest BCUT2D eigenvalue weighted by Crippen LogP contribution is 2.28. The van der Waals surface area contributed by atoms with Gasteiger partial charge in [-0.15, -0.1) is 0 Å². The zero-order valence-corrected chi connectivity index (χ0v) is 8.65. The van der Waals surface area contributed by atoms with Crippen molar-refractivity contribution >= 4 is 5.97 Å². The Morgan fingerprint density at radius 3 is 2.53 bits per heavy atom. The van der Waals surface area contributed by atoms with E-state index in [1.54, 1.807) is 0 Å². The van der Waals surface area contributed by atoms with Crippen LogP contribution in [0.3, 0.4) is 0 Å². The summed E-state index contributed by atoms with van der Waals surface area (Å²) in [5.41, 5.74) is 0. The van der Waals surface area contributed by atoms with Crippen molar-refractivity contribution in [2.24, 2.45) is 11.8 Å². The summed E-state index contributed by atoms with van der Waals surface area (Å²) < 4.78 is 9.71. The first kappa shape index (κ1) is 10.5. The molecule has 0 spiro atoms. The van der Waals surface area contributed by atoms with E-state index in [0.717, 1.165) is 25.7 Å². The van der Waals surface area contributed by atoms with Crippen LogP contribution in [0.1, 0.15) is 25.7 Å². The van der Waals surface area contributed by atoms with Gasteiger partial charge in [0, 0.05) is 6.61 Å². The Kier molecular flexibility index (Phi) is 3.26. The van der Waals surface area contributed by atoms with Gasteiger partial charge in [0.25, 0.3) is 0 Å². The molecule has 1 aliphatic heterocycles. The molecule has 0 aromatic rings. The second-order valence-corrected chi connectivity index (χ2v) is 4.27. The van der Waals surface area contributed by atoms with Crippen LogP contribution < -0.4 is 0 Å². The molecule has 0 bridgehead atoms. The summed E-state index contributed by atoms with van der Waals surface area (Å²) >= 11 is 0. The van der Waals surface area contributed by atoms with Crippen LogP contribution in [0.4, 0.5) is 0 Å². The van der Waals surface area contributed by atoms with E-state index in [2.05, 4.69) is 4.74 Å². The van der Waals surface area contributed by atoms with Gasteiger partial charge < -0.3 is 14.6 Å². The van der Waals surface area contributed by atoms with E-state index in [1.807, 2.05) is 0 Å². The summed E-state index contributed by atoms with van der Waals surface area (Å²) in [6.07, 6.45) is 5.55. The molecule has 0 unspecified atom stereocenters. The zero-order chi connectivity index (χ0) is 10.7. The van der Waals surface area contributed by atoms with Crippen molar-refractivity contribution in [2.75, 3.05) is 13.2 Å². The Labute approximate surface area is 88.9 Å². The number of hydrogen-bond donors (Lipinski definition) is 1. The maximum absolute atomic E-state index is 11.1. The number of aliphatic hydroxyl groups excluding tert-OH is 1. The topological polar surface area (TPSA) is 59.1 Å². The van der Waals surface area contributed by atoms with Gasteiger partial charge >= 0.3 is 5.97 Å². The fourth-order valence-electron chi connectivity index (χ4n) is 1.97. The van der Waals surface area contributed by atoms with Crippen molar-refractivity contribution in [3.05, 3.63) is 12.0 Å². The second-order valence-electron chi connectivity index (χ2n) is 4.27. The first-order chi connectivity index (χ1) is 7.29. The molecule has 1 fully saturated rings.